The third-order valence-electron chi connectivity index (χ3n) is 3.84. The van der Waals surface area contributed by atoms with Gasteiger partial charge in [0.15, 0.2) is 5.82 Å². The lowest BCUT2D eigenvalue weighted by atomic mass is 9.93. The molecule has 6 heteroatoms. The molecular weight excluding hydrogens is 306 g/mol. The van der Waals surface area contributed by atoms with Crippen LogP contribution in [-0.2, 0) is 11.3 Å². The first-order valence-electron chi connectivity index (χ1n) is 7.75. The molecule has 6 nitrogen and oxygen atoms in total. The first-order chi connectivity index (χ1) is 11.6. The van der Waals surface area contributed by atoms with Gasteiger partial charge in [0, 0.05) is 20.4 Å². The number of furan rings is 1. The number of amides is 1. The monoisotopic (exact) mass is 325 g/mol. The Labute approximate surface area is 140 Å². The zero-order chi connectivity index (χ0) is 16.9. The number of aromatic nitrogens is 2. The normalized spacial score (nSPS) is 12.1. The maximum Gasteiger partial charge on any atom is 0.223 e. The molecule has 0 fully saturated rings. The molecule has 0 unspecified atom stereocenters. The van der Waals surface area contributed by atoms with Crippen LogP contribution in [0.25, 0.3) is 0 Å². The van der Waals surface area contributed by atoms with Gasteiger partial charge in [-0.2, -0.15) is 4.98 Å². The number of rotatable bonds is 6. The first kappa shape index (κ1) is 16.0. The highest BCUT2D eigenvalue weighted by atomic mass is 16.5. The van der Waals surface area contributed by atoms with Crippen molar-refractivity contribution in [3.05, 3.63) is 71.8 Å². The van der Waals surface area contributed by atoms with Crippen molar-refractivity contribution in [3.63, 3.8) is 0 Å². The predicted molar refractivity (Wildman–Crippen MR) is 87.1 cm³/mol. The number of carbonyl (C=O) groups is 1. The van der Waals surface area contributed by atoms with Crippen molar-refractivity contribution in [1.29, 1.82) is 0 Å². The zero-order valence-electron chi connectivity index (χ0n) is 13.7. The Morgan fingerprint density at radius 1 is 1.21 bits per heavy atom. The Hall–Kier alpha value is -2.89. The molecule has 0 N–H and O–H groups in total. The second-order valence-corrected chi connectivity index (χ2v) is 5.66. The summed E-state index contributed by atoms with van der Waals surface area (Å²) < 4.78 is 10.5. The quantitative estimate of drug-likeness (QED) is 0.696. The van der Waals surface area contributed by atoms with E-state index in [1.165, 1.54) is 0 Å². The van der Waals surface area contributed by atoms with E-state index in [4.69, 9.17) is 8.94 Å². The van der Waals surface area contributed by atoms with Gasteiger partial charge in [0.25, 0.3) is 0 Å². The molecule has 0 saturated heterocycles. The fourth-order valence-electron chi connectivity index (χ4n) is 2.59. The van der Waals surface area contributed by atoms with Crippen LogP contribution in [0.3, 0.4) is 0 Å². The maximum atomic E-state index is 12.6. The number of benzene rings is 1. The molecule has 3 rings (SSSR count). The van der Waals surface area contributed by atoms with E-state index in [9.17, 15) is 4.79 Å². The van der Waals surface area contributed by atoms with Crippen LogP contribution in [0.1, 0.15) is 35.4 Å². The molecule has 0 radical (unpaired) electrons. The second-order valence-electron chi connectivity index (χ2n) is 5.66. The molecule has 1 aromatic carbocycles. The summed E-state index contributed by atoms with van der Waals surface area (Å²) in [5.74, 6) is 1.63. The van der Waals surface area contributed by atoms with Crippen LogP contribution in [0.2, 0.25) is 0 Å². The van der Waals surface area contributed by atoms with Crippen LogP contribution in [0.4, 0.5) is 0 Å². The minimum absolute atomic E-state index is 0.0114. The highest BCUT2D eigenvalue weighted by Crippen LogP contribution is 2.29. The Balaban J connectivity index is 1.73. The largest absolute Gasteiger partial charge is 0.469 e. The van der Waals surface area contributed by atoms with Crippen molar-refractivity contribution in [1.82, 2.24) is 15.0 Å². The average Bonchev–Trinajstić information content (AvgIpc) is 3.25. The van der Waals surface area contributed by atoms with Crippen molar-refractivity contribution in [2.75, 3.05) is 7.05 Å². The Morgan fingerprint density at radius 2 is 2.00 bits per heavy atom. The van der Waals surface area contributed by atoms with Gasteiger partial charge in [-0.05, 0) is 17.7 Å². The highest BCUT2D eigenvalue weighted by molar-refractivity contribution is 5.77. The van der Waals surface area contributed by atoms with Crippen LogP contribution in [0, 0.1) is 6.92 Å². The SMILES string of the molecule is Cc1nc(CN(C)C(=O)C[C@@H](c2ccccc2)c2ccco2)no1. The highest BCUT2D eigenvalue weighted by Gasteiger charge is 2.23. The summed E-state index contributed by atoms with van der Waals surface area (Å²) in [4.78, 5) is 18.4. The average molecular weight is 325 g/mol. The topological polar surface area (TPSA) is 72.4 Å². The van der Waals surface area contributed by atoms with Crippen LogP contribution in [0.15, 0.2) is 57.7 Å². The predicted octanol–water partition coefficient (Wildman–Crippen LogP) is 3.15. The molecule has 0 aliphatic carbocycles. The molecular formula is C18H19N3O3. The van der Waals surface area contributed by atoms with E-state index in [1.807, 2.05) is 42.5 Å². The molecule has 0 saturated carbocycles. The van der Waals surface area contributed by atoms with Gasteiger partial charge in [0.2, 0.25) is 11.8 Å². The third-order valence-corrected chi connectivity index (χ3v) is 3.84. The minimum atomic E-state index is -0.122. The first-order valence-corrected chi connectivity index (χ1v) is 7.75. The van der Waals surface area contributed by atoms with Crippen molar-refractivity contribution < 1.29 is 13.7 Å². The van der Waals surface area contributed by atoms with E-state index in [-0.39, 0.29) is 11.8 Å². The summed E-state index contributed by atoms with van der Waals surface area (Å²) >= 11 is 0. The number of hydrogen-bond donors (Lipinski definition) is 0. The number of nitrogens with zero attached hydrogens (tertiary/aromatic N) is 3. The van der Waals surface area contributed by atoms with E-state index in [0.717, 1.165) is 11.3 Å². The fourth-order valence-corrected chi connectivity index (χ4v) is 2.59. The summed E-state index contributed by atoms with van der Waals surface area (Å²) in [6, 6.07) is 13.6. The van der Waals surface area contributed by atoms with E-state index in [2.05, 4.69) is 10.1 Å². The van der Waals surface area contributed by atoms with Crippen LogP contribution in [0.5, 0.6) is 0 Å². The van der Waals surface area contributed by atoms with Crippen molar-refractivity contribution in [2.45, 2.75) is 25.8 Å². The maximum absolute atomic E-state index is 12.6. The molecule has 1 atom stereocenters. The molecule has 0 aliphatic heterocycles. The lowest BCUT2D eigenvalue weighted by Crippen LogP contribution is -2.28. The molecule has 124 valence electrons. The van der Waals surface area contributed by atoms with Crippen molar-refractivity contribution in [3.8, 4) is 0 Å². The van der Waals surface area contributed by atoms with Crippen LogP contribution in [-0.4, -0.2) is 28.0 Å². The summed E-state index contributed by atoms with van der Waals surface area (Å²) in [5.41, 5.74) is 1.05. The molecule has 0 spiro atoms. The molecule has 2 aromatic heterocycles. The smallest absolute Gasteiger partial charge is 0.223 e. The Morgan fingerprint density at radius 3 is 2.62 bits per heavy atom. The summed E-state index contributed by atoms with van der Waals surface area (Å²) in [5, 5.41) is 3.83. The van der Waals surface area contributed by atoms with Gasteiger partial charge in [-0.25, -0.2) is 0 Å². The molecule has 2 heterocycles. The summed E-state index contributed by atoms with van der Waals surface area (Å²) in [7, 11) is 1.73. The van der Waals surface area contributed by atoms with E-state index >= 15 is 0 Å². The standard InChI is InChI=1S/C18H19N3O3/c1-13-19-17(20-24-13)12-21(2)18(22)11-15(16-9-6-10-23-16)14-7-4-3-5-8-14/h3-10,15H,11-12H2,1-2H3/t15-/m0/s1. The van der Waals surface area contributed by atoms with Gasteiger partial charge < -0.3 is 13.8 Å². The van der Waals surface area contributed by atoms with Crippen molar-refractivity contribution >= 4 is 5.91 Å². The molecule has 3 aromatic rings. The number of hydrogen-bond acceptors (Lipinski definition) is 5. The molecule has 0 aliphatic rings. The van der Waals surface area contributed by atoms with Gasteiger partial charge in [-0.1, -0.05) is 35.5 Å². The van der Waals surface area contributed by atoms with Crippen LogP contribution >= 0.6 is 0 Å². The van der Waals surface area contributed by atoms with Gasteiger partial charge in [-0.15, -0.1) is 0 Å². The Bertz CT molecular complexity index is 781. The van der Waals surface area contributed by atoms with E-state index in [1.54, 1.807) is 25.1 Å². The number of aryl methyl sites for hydroxylation is 1. The third kappa shape index (κ3) is 3.71. The minimum Gasteiger partial charge on any atom is -0.469 e. The van der Waals surface area contributed by atoms with Crippen molar-refractivity contribution in [2.24, 2.45) is 0 Å². The van der Waals surface area contributed by atoms with Crippen LogP contribution < -0.4 is 0 Å². The summed E-state index contributed by atoms with van der Waals surface area (Å²) in [6.07, 6.45) is 1.94. The Kier molecular flexibility index (Phi) is 4.74. The lowest BCUT2D eigenvalue weighted by molar-refractivity contribution is -0.130. The number of carbonyl (C=O) groups excluding carboxylic acids is 1. The summed E-state index contributed by atoms with van der Waals surface area (Å²) in [6.45, 7) is 2.04. The zero-order valence-corrected chi connectivity index (χ0v) is 13.7. The van der Waals surface area contributed by atoms with Gasteiger partial charge in [-0.3, -0.25) is 4.79 Å². The van der Waals surface area contributed by atoms with Gasteiger partial charge in [0.1, 0.15) is 5.76 Å². The fraction of sp³-hybridized carbons (Fsp3) is 0.278. The lowest BCUT2D eigenvalue weighted by Gasteiger charge is -2.20. The van der Waals surface area contributed by atoms with Gasteiger partial charge in [0.05, 0.1) is 18.7 Å². The molecule has 24 heavy (non-hydrogen) atoms. The van der Waals surface area contributed by atoms with Gasteiger partial charge >= 0.3 is 0 Å². The van der Waals surface area contributed by atoms with E-state index in [0.29, 0.717) is 24.7 Å². The molecule has 1 amide bonds. The van der Waals surface area contributed by atoms with E-state index < -0.39 is 0 Å². The second kappa shape index (κ2) is 7.12. The molecule has 0 bridgehead atoms.